The summed E-state index contributed by atoms with van der Waals surface area (Å²) >= 11 is 5.42. The van der Waals surface area contributed by atoms with Crippen LogP contribution in [0.25, 0.3) is 0 Å². The van der Waals surface area contributed by atoms with E-state index in [0.717, 1.165) is 18.6 Å². The van der Waals surface area contributed by atoms with Gasteiger partial charge in [0.2, 0.25) is 0 Å². The third kappa shape index (κ3) is 6.46. The summed E-state index contributed by atoms with van der Waals surface area (Å²) < 4.78 is 45.5. The summed E-state index contributed by atoms with van der Waals surface area (Å²) in [7, 11) is -2.62. The normalized spacial score (nSPS) is 18.3. The third-order valence-corrected chi connectivity index (χ3v) is 12.2. The van der Waals surface area contributed by atoms with Gasteiger partial charge in [-0.15, -0.1) is 0 Å². The number of anilines is 1. The first-order valence-corrected chi connectivity index (χ1v) is 15.0. The molecule has 0 saturated carbocycles. The second kappa shape index (κ2) is 11.6. The van der Waals surface area contributed by atoms with Crippen molar-refractivity contribution in [3.8, 4) is 0 Å². The smallest absolute Gasteiger partial charge is 0.406 e. The molecule has 3 aromatic carbocycles. The van der Waals surface area contributed by atoms with Crippen molar-refractivity contribution >= 4 is 41.7 Å². The zero-order chi connectivity index (χ0) is 27.4. The van der Waals surface area contributed by atoms with Crippen LogP contribution < -0.4 is 26.3 Å². The Labute approximate surface area is 229 Å². The van der Waals surface area contributed by atoms with E-state index in [9.17, 15) is 13.2 Å². The van der Waals surface area contributed by atoms with Crippen molar-refractivity contribution in [1.29, 1.82) is 0 Å². The molecule has 3 N–H and O–H groups in total. The minimum absolute atomic E-state index is 0.0807. The van der Waals surface area contributed by atoms with Gasteiger partial charge in [0.25, 0.3) is 8.32 Å². The van der Waals surface area contributed by atoms with Crippen LogP contribution in [0.4, 0.5) is 18.9 Å². The molecule has 0 radical (unpaired) electrons. The number of nitrogens with one attached hydrogen (secondary N) is 3. The van der Waals surface area contributed by atoms with Gasteiger partial charge in [-0.1, -0.05) is 81.4 Å². The molecule has 4 nitrogen and oxygen atoms in total. The number of hydrogen-bond acceptors (Lipinski definition) is 3. The van der Waals surface area contributed by atoms with Gasteiger partial charge in [-0.3, -0.25) is 0 Å². The zero-order valence-electron chi connectivity index (χ0n) is 21.8. The van der Waals surface area contributed by atoms with Crippen molar-refractivity contribution in [1.82, 2.24) is 10.6 Å². The molecule has 3 aromatic rings. The number of rotatable bonds is 7. The lowest BCUT2D eigenvalue weighted by atomic mass is 10.2. The molecule has 4 rings (SSSR count). The average Bonchev–Trinajstić information content (AvgIpc) is 3.31. The Hall–Kier alpha value is -2.72. The molecule has 0 aromatic heterocycles. The fourth-order valence-electron chi connectivity index (χ4n) is 5.14. The molecule has 1 aliphatic rings. The molecule has 38 heavy (non-hydrogen) atoms. The molecular weight excluding hydrogens is 523 g/mol. The minimum atomic E-state index is -4.36. The van der Waals surface area contributed by atoms with Crippen molar-refractivity contribution in [2.75, 3.05) is 18.5 Å². The average molecular weight is 558 g/mol. The summed E-state index contributed by atoms with van der Waals surface area (Å²) in [5.74, 6) is 0. The molecule has 202 valence electrons. The highest BCUT2D eigenvalue weighted by Gasteiger charge is 2.50. The topological polar surface area (TPSA) is 45.3 Å². The first-order chi connectivity index (χ1) is 18.0. The maximum atomic E-state index is 12.8. The Bertz CT molecular complexity index is 1160. The van der Waals surface area contributed by atoms with E-state index in [1.165, 1.54) is 22.5 Å². The van der Waals surface area contributed by atoms with Gasteiger partial charge in [0.1, 0.15) is 0 Å². The predicted molar refractivity (Wildman–Crippen MR) is 155 cm³/mol. The number of alkyl halides is 3. The molecule has 2 atom stereocenters. The minimum Gasteiger partial charge on any atom is -0.406 e. The summed E-state index contributed by atoms with van der Waals surface area (Å²) in [4.78, 5) is 0. The number of thiocarbonyl (C=S) groups is 1. The number of hydrogen-bond donors (Lipinski definition) is 3. The molecular formula is C29H34F3N3OSSi. The highest BCUT2D eigenvalue weighted by molar-refractivity contribution is 7.80. The van der Waals surface area contributed by atoms with Gasteiger partial charge in [0.15, 0.2) is 5.11 Å². The van der Waals surface area contributed by atoms with Crippen LogP contribution in [-0.2, 0) is 10.6 Å². The number of benzene rings is 3. The molecule has 0 unspecified atom stereocenters. The lowest BCUT2D eigenvalue weighted by Gasteiger charge is -2.43. The monoisotopic (exact) mass is 557 g/mol. The van der Waals surface area contributed by atoms with Crippen molar-refractivity contribution in [3.63, 3.8) is 0 Å². The van der Waals surface area contributed by atoms with Gasteiger partial charge in [-0.25, -0.2) is 0 Å². The van der Waals surface area contributed by atoms with Crippen molar-refractivity contribution in [2.24, 2.45) is 0 Å². The quantitative estimate of drug-likeness (QED) is 0.272. The van der Waals surface area contributed by atoms with Crippen LogP contribution in [0.15, 0.2) is 84.9 Å². The van der Waals surface area contributed by atoms with Crippen LogP contribution in [0, 0.1) is 0 Å². The molecule has 0 bridgehead atoms. The Balaban J connectivity index is 1.40. The van der Waals surface area contributed by atoms with E-state index < -0.39 is 20.1 Å². The second-order valence-electron chi connectivity index (χ2n) is 10.7. The van der Waals surface area contributed by atoms with Crippen LogP contribution in [0.1, 0.15) is 32.8 Å². The molecule has 1 fully saturated rings. The van der Waals surface area contributed by atoms with Gasteiger partial charge in [0.05, 0.1) is 12.2 Å². The van der Waals surface area contributed by atoms with Crippen LogP contribution in [0.2, 0.25) is 5.04 Å². The van der Waals surface area contributed by atoms with E-state index in [-0.39, 0.29) is 17.1 Å². The lowest BCUT2D eigenvalue weighted by Crippen LogP contribution is -2.67. The predicted octanol–water partition coefficient (Wildman–Crippen LogP) is 5.30. The standard InChI is InChI=1S/C29H34F3N3OSSi/c1-28(2,3)38(25-10-6-4-7-11-25,26-12-8-5-9-13-26)36-20-24-18-23(19-33-24)35-27(37)34-22-16-14-21(15-17-22)29(30,31)32/h4-17,23-24,33H,18-20H2,1-3H3,(H2,34,35,37)/t23-,24+/m1/s1. The van der Waals surface area contributed by atoms with E-state index in [1.54, 1.807) is 0 Å². The molecule has 1 aliphatic heterocycles. The summed E-state index contributed by atoms with van der Waals surface area (Å²) in [6.45, 7) is 8.05. The van der Waals surface area contributed by atoms with Crippen molar-refractivity contribution in [3.05, 3.63) is 90.5 Å². The highest BCUT2D eigenvalue weighted by Crippen LogP contribution is 2.37. The largest absolute Gasteiger partial charge is 0.416 e. The van der Waals surface area contributed by atoms with E-state index in [0.29, 0.717) is 24.0 Å². The van der Waals surface area contributed by atoms with Gasteiger partial charge in [-0.2, -0.15) is 13.2 Å². The summed E-state index contributed by atoms with van der Waals surface area (Å²) in [5, 5.41) is 12.6. The lowest BCUT2D eigenvalue weighted by molar-refractivity contribution is -0.137. The first-order valence-electron chi connectivity index (χ1n) is 12.7. The molecule has 0 aliphatic carbocycles. The number of halogens is 3. The summed E-state index contributed by atoms with van der Waals surface area (Å²) in [6.07, 6.45) is -3.55. The van der Waals surface area contributed by atoms with E-state index in [4.69, 9.17) is 16.6 Å². The molecule has 9 heteroatoms. The van der Waals surface area contributed by atoms with Crippen molar-refractivity contribution < 1.29 is 17.6 Å². The van der Waals surface area contributed by atoms with E-state index >= 15 is 0 Å². The van der Waals surface area contributed by atoms with E-state index in [2.05, 4.69) is 85.3 Å². The molecule has 1 heterocycles. The Kier molecular flexibility index (Phi) is 8.61. The maximum Gasteiger partial charge on any atom is 0.416 e. The molecule has 0 amide bonds. The van der Waals surface area contributed by atoms with E-state index in [1.807, 2.05) is 12.1 Å². The van der Waals surface area contributed by atoms with Gasteiger partial charge in [0, 0.05) is 24.3 Å². The zero-order valence-corrected chi connectivity index (χ0v) is 23.6. The Morgan fingerprint density at radius 3 is 1.97 bits per heavy atom. The fraction of sp³-hybridized carbons (Fsp3) is 0.345. The Morgan fingerprint density at radius 2 is 1.47 bits per heavy atom. The van der Waals surface area contributed by atoms with Crippen LogP contribution in [-0.4, -0.2) is 38.7 Å². The van der Waals surface area contributed by atoms with Gasteiger partial charge in [-0.05, 0) is 58.3 Å². The molecule has 0 spiro atoms. The maximum absolute atomic E-state index is 12.8. The second-order valence-corrected chi connectivity index (χ2v) is 15.4. The van der Waals surface area contributed by atoms with Crippen LogP contribution in [0.3, 0.4) is 0 Å². The Morgan fingerprint density at radius 1 is 0.921 bits per heavy atom. The van der Waals surface area contributed by atoms with Crippen LogP contribution in [0.5, 0.6) is 0 Å². The third-order valence-electron chi connectivity index (χ3n) is 6.95. The highest BCUT2D eigenvalue weighted by atomic mass is 32.1. The molecule has 1 saturated heterocycles. The van der Waals surface area contributed by atoms with Gasteiger partial charge < -0.3 is 20.4 Å². The summed E-state index contributed by atoms with van der Waals surface area (Å²) in [6, 6.07) is 26.2. The summed E-state index contributed by atoms with van der Waals surface area (Å²) in [5.41, 5.74) is -0.182. The van der Waals surface area contributed by atoms with Gasteiger partial charge >= 0.3 is 6.18 Å². The van der Waals surface area contributed by atoms with Crippen LogP contribution >= 0.6 is 12.2 Å². The SMILES string of the molecule is CC(C)(C)[Si](OC[C@@H]1C[C@@H](NC(=S)Nc2ccc(C(F)(F)F)cc2)CN1)(c1ccccc1)c1ccccc1. The van der Waals surface area contributed by atoms with Crippen molar-refractivity contribution in [2.45, 2.75) is 50.5 Å². The first kappa shape index (κ1) is 28.3. The fourth-order valence-corrected chi connectivity index (χ4v) is 10.0.